The number of benzene rings is 1. The van der Waals surface area contributed by atoms with Crippen molar-refractivity contribution in [2.75, 3.05) is 19.8 Å². The molecule has 1 unspecified atom stereocenters. The molecule has 1 aromatic heterocycles. The van der Waals surface area contributed by atoms with Crippen LogP contribution in [0, 0.1) is 0 Å². The van der Waals surface area contributed by atoms with E-state index in [1.54, 1.807) is 32.3 Å². The molecule has 0 saturated carbocycles. The minimum Gasteiger partial charge on any atom is -0.490 e. The molecule has 8 heteroatoms. The van der Waals surface area contributed by atoms with Gasteiger partial charge in [0.05, 0.1) is 5.25 Å². The first kappa shape index (κ1) is 20.1. The third-order valence-corrected chi connectivity index (χ3v) is 5.60. The van der Waals surface area contributed by atoms with Crippen molar-refractivity contribution in [1.82, 2.24) is 14.7 Å². The monoisotopic (exact) mass is 379 g/mol. The Kier molecular flexibility index (Phi) is 7.35. The molecule has 0 aliphatic carbocycles. The molecule has 2 rings (SSSR count). The van der Waals surface area contributed by atoms with Crippen molar-refractivity contribution in [1.29, 1.82) is 0 Å². The maximum Gasteiger partial charge on any atom is 0.316 e. The minimum absolute atomic E-state index is 0.0659. The van der Waals surface area contributed by atoms with Gasteiger partial charge in [0.2, 0.25) is 10.0 Å². The summed E-state index contributed by atoms with van der Waals surface area (Å²) < 4.78 is 37.3. The molecular weight excluding hydrogens is 354 g/mol. The highest BCUT2D eigenvalue weighted by Crippen LogP contribution is 2.19. The molecule has 26 heavy (non-hydrogen) atoms. The van der Waals surface area contributed by atoms with Crippen molar-refractivity contribution in [2.45, 2.75) is 31.9 Å². The largest absolute Gasteiger partial charge is 0.490 e. The summed E-state index contributed by atoms with van der Waals surface area (Å²) in [7, 11) is -3.25. The van der Waals surface area contributed by atoms with E-state index in [1.807, 2.05) is 31.2 Å². The van der Waals surface area contributed by atoms with Crippen molar-refractivity contribution < 1.29 is 17.9 Å². The summed E-state index contributed by atoms with van der Waals surface area (Å²) >= 11 is 0. The Morgan fingerprint density at radius 2 is 1.62 bits per heavy atom. The quantitative estimate of drug-likeness (QED) is 0.638. The van der Waals surface area contributed by atoms with Gasteiger partial charge in [-0.15, -0.1) is 0 Å². The molecule has 0 saturated heterocycles. The van der Waals surface area contributed by atoms with Crippen LogP contribution in [-0.4, -0.2) is 43.4 Å². The lowest BCUT2D eigenvalue weighted by molar-refractivity contribution is 0.206. The lowest BCUT2D eigenvalue weighted by Gasteiger charge is -2.15. The van der Waals surface area contributed by atoms with Gasteiger partial charge in [-0.25, -0.2) is 23.1 Å². The van der Waals surface area contributed by atoms with E-state index in [-0.39, 0.29) is 5.92 Å². The third kappa shape index (κ3) is 6.27. The summed E-state index contributed by atoms with van der Waals surface area (Å²) in [5.41, 5.74) is 1.04. The standard InChI is InChI=1S/C18H25N3O4S/c1-14(2)26(22,23)21-13-15(3)16-5-7-17(8-6-16)24-11-12-25-18-19-9-4-10-20-18/h4-10,14-15,21H,11-13H2,1-3H3. The maximum absolute atomic E-state index is 11.8. The van der Waals surface area contributed by atoms with Crippen LogP contribution in [0.5, 0.6) is 11.8 Å². The highest BCUT2D eigenvalue weighted by Gasteiger charge is 2.17. The number of nitrogens with one attached hydrogen (secondary N) is 1. The molecular formula is C18H25N3O4S. The minimum atomic E-state index is -3.25. The van der Waals surface area contributed by atoms with E-state index < -0.39 is 15.3 Å². The fraction of sp³-hybridized carbons (Fsp3) is 0.444. The van der Waals surface area contributed by atoms with Crippen LogP contribution in [-0.2, 0) is 10.0 Å². The molecule has 1 aromatic carbocycles. The Labute approximate surface area is 154 Å². The molecule has 2 aromatic rings. The van der Waals surface area contributed by atoms with Gasteiger partial charge in [-0.05, 0) is 43.5 Å². The SMILES string of the molecule is CC(CNS(=O)(=O)C(C)C)c1ccc(OCCOc2ncccn2)cc1. The summed E-state index contributed by atoms with van der Waals surface area (Å²) in [6.07, 6.45) is 3.23. The first-order valence-corrected chi connectivity index (χ1v) is 10.0. The fourth-order valence-electron chi connectivity index (χ4n) is 2.07. The highest BCUT2D eigenvalue weighted by molar-refractivity contribution is 7.90. The number of aromatic nitrogens is 2. The van der Waals surface area contributed by atoms with Crippen LogP contribution in [0.2, 0.25) is 0 Å². The molecule has 0 spiro atoms. The Hall–Kier alpha value is -2.19. The van der Waals surface area contributed by atoms with E-state index in [0.717, 1.165) is 11.3 Å². The second kappa shape index (κ2) is 9.49. The molecule has 1 heterocycles. The van der Waals surface area contributed by atoms with Gasteiger partial charge in [0.25, 0.3) is 0 Å². The van der Waals surface area contributed by atoms with Crippen molar-refractivity contribution in [3.63, 3.8) is 0 Å². The van der Waals surface area contributed by atoms with E-state index in [9.17, 15) is 8.42 Å². The molecule has 1 atom stereocenters. The molecule has 0 fully saturated rings. The third-order valence-electron chi connectivity index (χ3n) is 3.79. The van der Waals surface area contributed by atoms with Gasteiger partial charge in [0, 0.05) is 18.9 Å². The molecule has 142 valence electrons. The summed E-state index contributed by atoms with van der Waals surface area (Å²) in [6.45, 7) is 6.39. The number of hydrogen-bond donors (Lipinski definition) is 1. The van der Waals surface area contributed by atoms with Crippen molar-refractivity contribution >= 4 is 10.0 Å². The van der Waals surface area contributed by atoms with Crippen LogP contribution in [0.15, 0.2) is 42.7 Å². The maximum atomic E-state index is 11.8. The first-order valence-electron chi connectivity index (χ1n) is 8.49. The van der Waals surface area contributed by atoms with Gasteiger partial charge in [-0.2, -0.15) is 0 Å². The van der Waals surface area contributed by atoms with Crippen LogP contribution in [0.1, 0.15) is 32.3 Å². The smallest absolute Gasteiger partial charge is 0.316 e. The van der Waals surface area contributed by atoms with E-state index in [1.165, 1.54) is 0 Å². The molecule has 0 aliphatic rings. The van der Waals surface area contributed by atoms with Crippen molar-refractivity contribution in [3.8, 4) is 11.8 Å². The van der Waals surface area contributed by atoms with E-state index in [4.69, 9.17) is 9.47 Å². The molecule has 7 nitrogen and oxygen atoms in total. The average Bonchev–Trinajstić information content (AvgIpc) is 2.64. The lowest BCUT2D eigenvalue weighted by atomic mass is 10.0. The second-order valence-electron chi connectivity index (χ2n) is 6.14. The van der Waals surface area contributed by atoms with Gasteiger partial charge in [0.15, 0.2) is 0 Å². The van der Waals surface area contributed by atoms with Gasteiger partial charge in [-0.1, -0.05) is 19.1 Å². The molecule has 0 radical (unpaired) electrons. The van der Waals surface area contributed by atoms with Crippen LogP contribution < -0.4 is 14.2 Å². The van der Waals surface area contributed by atoms with Gasteiger partial charge in [-0.3, -0.25) is 0 Å². The first-order chi connectivity index (χ1) is 12.4. The lowest BCUT2D eigenvalue weighted by Crippen LogP contribution is -2.33. The summed E-state index contributed by atoms with van der Waals surface area (Å²) in [5, 5.41) is -0.436. The number of rotatable bonds is 10. The van der Waals surface area contributed by atoms with Crippen LogP contribution in [0.4, 0.5) is 0 Å². The van der Waals surface area contributed by atoms with Gasteiger partial charge in [0.1, 0.15) is 19.0 Å². The zero-order valence-corrected chi connectivity index (χ0v) is 16.1. The van der Waals surface area contributed by atoms with Crippen LogP contribution >= 0.6 is 0 Å². The molecule has 0 aliphatic heterocycles. The Bertz CT molecular complexity index is 765. The van der Waals surface area contributed by atoms with Gasteiger partial charge >= 0.3 is 6.01 Å². The van der Waals surface area contributed by atoms with Crippen LogP contribution in [0.25, 0.3) is 0 Å². The summed E-state index contributed by atoms with van der Waals surface area (Å²) in [5.74, 6) is 0.789. The van der Waals surface area contributed by atoms with E-state index >= 15 is 0 Å². The number of sulfonamides is 1. The Morgan fingerprint density at radius 1 is 1.00 bits per heavy atom. The summed E-state index contributed by atoms with van der Waals surface area (Å²) in [6, 6.07) is 9.64. The normalized spacial score (nSPS) is 12.8. The average molecular weight is 379 g/mol. The zero-order chi connectivity index (χ0) is 19.0. The number of ether oxygens (including phenoxy) is 2. The Morgan fingerprint density at radius 3 is 2.23 bits per heavy atom. The van der Waals surface area contributed by atoms with Crippen molar-refractivity contribution in [2.24, 2.45) is 0 Å². The van der Waals surface area contributed by atoms with E-state index in [0.29, 0.717) is 25.8 Å². The molecule has 1 N–H and O–H groups in total. The fourth-order valence-corrected chi connectivity index (χ4v) is 2.89. The second-order valence-corrected chi connectivity index (χ2v) is 8.46. The molecule has 0 bridgehead atoms. The zero-order valence-electron chi connectivity index (χ0n) is 15.3. The predicted molar refractivity (Wildman–Crippen MR) is 99.9 cm³/mol. The Balaban J connectivity index is 1.76. The number of hydrogen-bond acceptors (Lipinski definition) is 6. The van der Waals surface area contributed by atoms with Gasteiger partial charge < -0.3 is 9.47 Å². The van der Waals surface area contributed by atoms with Crippen LogP contribution in [0.3, 0.4) is 0 Å². The predicted octanol–water partition coefficient (Wildman–Crippen LogP) is 2.37. The topological polar surface area (TPSA) is 90.4 Å². The van der Waals surface area contributed by atoms with Crippen molar-refractivity contribution in [3.05, 3.63) is 48.3 Å². The summed E-state index contributed by atoms with van der Waals surface area (Å²) in [4.78, 5) is 7.92. The highest BCUT2D eigenvalue weighted by atomic mass is 32.2. The molecule has 0 amide bonds. The number of nitrogens with zero attached hydrogens (tertiary/aromatic N) is 2. The van der Waals surface area contributed by atoms with E-state index in [2.05, 4.69) is 14.7 Å².